The van der Waals surface area contributed by atoms with Crippen LogP contribution in [0.4, 0.5) is 4.39 Å². The van der Waals surface area contributed by atoms with E-state index in [0.717, 1.165) is 5.56 Å². The number of hydrogen-bond donors (Lipinski definition) is 0. The third kappa shape index (κ3) is 5.17. The highest BCUT2D eigenvalue weighted by molar-refractivity contribution is 5.69. The van der Waals surface area contributed by atoms with Gasteiger partial charge in [-0.15, -0.1) is 0 Å². The molecule has 0 N–H and O–H groups in total. The summed E-state index contributed by atoms with van der Waals surface area (Å²) in [5, 5.41) is 0. The lowest BCUT2D eigenvalue weighted by Gasteiger charge is -2.19. The lowest BCUT2D eigenvalue weighted by molar-refractivity contribution is -0.155. The molecule has 0 aromatic heterocycles. The molecule has 0 aliphatic heterocycles. The Balaban J connectivity index is 2.42. The first kappa shape index (κ1) is 14.5. The second-order valence-corrected chi connectivity index (χ2v) is 5.12. The summed E-state index contributed by atoms with van der Waals surface area (Å²) in [7, 11) is 0. The highest BCUT2D eigenvalue weighted by Crippen LogP contribution is 2.18. The van der Waals surface area contributed by atoms with E-state index >= 15 is 0 Å². The van der Waals surface area contributed by atoms with Gasteiger partial charge in [-0.3, -0.25) is 4.79 Å². The van der Waals surface area contributed by atoms with E-state index in [1.807, 2.05) is 6.92 Å². The summed E-state index contributed by atoms with van der Waals surface area (Å²) in [5.41, 5.74) is 0.398. The Hall–Kier alpha value is -1.58. The van der Waals surface area contributed by atoms with Crippen LogP contribution < -0.4 is 4.74 Å². The molecule has 0 saturated heterocycles. The second-order valence-electron chi connectivity index (χ2n) is 5.12. The van der Waals surface area contributed by atoms with Crippen LogP contribution >= 0.6 is 0 Å². The van der Waals surface area contributed by atoms with E-state index in [2.05, 4.69) is 0 Å². The molecule has 0 radical (unpaired) electrons. The summed E-state index contributed by atoms with van der Waals surface area (Å²) in [4.78, 5) is 11.4. The standard InChI is InChI=1S/C14H19FO3/c1-10-5-6-11(15)12(9-10)17-8-7-13(16)18-14(2,3)4/h5-6,9H,7-8H2,1-4H3. The Bertz CT molecular complexity index is 422. The number of aryl methyl sites for hydroxylation is 1. The highest BCUT2D eigenvalue weighted by Gasteiger charge is 2.16. The molecule has 0 bridgehead atoms. The van der Waals surface area contributed by atoms with Crippen LogP contribution in [0.3, 0.4) is 0 Å². The molecule has 4 heteroatoms. The van der Waals surface area contributed by atoms with Crippen molar-refractivity contribution < 1.29 is 18.7 Å². The van der Waals surface area contributed by atoms with Gasteiger partial charge in [0.1, 0.15) is 5.60 Å². The molecule has 1 aromatic carbocycles. The van der Waals surface area contributed by atoms with E-state index in [-0.39, 0.29) is 24.7 Å². The number of hydrogen-bond acceptors (Lipinski definition) is 3. The third-order valence-electron chi connectivity index (χ3n) is 2.07. The number of carbonyl (C=O) groups is 1. The van der Waals surface area contributed by atoms with Gasteiger partial charge in [-0.25, -0.2) is 4.39 Å². The first-order valence-electron chi connectivity index (χ1n) is 5.89. The minimum absolute atomic E-state index is 0.102. The SMILES string of the molecule is Cc1ccc(F)c(OCCC(=O)OC(C)(C)C)c1. The fraction of sp³-hybridized carbons (Fsp3) is 0.500. The molecule has 0 aliphatic rings. The fourth-order valence-corrected chi connectivity index (χ4v) is 1.36. The predicted molar refractivity (Wildman–Crippen MR) is 67.1 cm³/mol. The maximum Gasteiger partial charge on any atom is 0.309 e. The van der Waals surface area contributed by atoms with Crippen LogP contribution in [0.2, 0.25) is 0 Å². The second kappa shape index (κ2) is 5.85. The highest BCUT2D eigenvalue weighted by atomic mass is 19.1. The number of carbonyl (C=O) groups excluding carboxylic acids is 1. The molecule has 0 amide bonds. The van der Waals surface area contributed by atoms with Gasteiger partial charge in [0.2, 0.25) is 0 Å². The van der Waals surface area contributed by atoms with E-state index in [9.17, 15) is 9.18 Å². The van der Waals surface area contributed by atoms with Gasteiger partial charge in [-0.1, -0.05) is 6.07 Å². The van der Waals surface area contributed by atoms with Gasteiger partial charge in [0.25, 0.3) is 0 Å². The first-order chi connectivity index (χ1) is 8.28. The van der Waals surface area contributed by atoms with Crippen molar-refractivity contribution in [3.63, 3.8) is 0 Å². The van der Waals surface area contributed by atoms with Crippen LogP contribution in [-0.2, 0) is 9.53 Å². The number of benzene rings is 1. The summed E-state index contributed by atoms with van der Waals surface area (Å²) in [5.74, 6) is -0.612. The molecule has 0 aliphatic carbocycles. The zero-order valence-corrected chi connectivity index (χ0v) is 11.2. The average Bonchev–Trinajstić information content (AvgIpc) is 2.20. The Morgan fingerprint density at radius 1 is 1.33 bits per heavy atom. The van der Waals surface area contributed by atoms with Crippen molar-refractivity contribution in [1.29, 1.82) is 0 Å². The summed E-state index contributed by atoms with van der Waals surface area (Å²) in [6, 6.07) is 4.61. The van der Waals surface area contributed by atoms with E-state index in [1.165, 1.54) is 6.07 Å². The first-order valence-corrected chi connectivity index (χ1v) is 5.89. The van der Waals surface area contributed by atoms with Crippen LogP contribution in [0.1, 0.15) is 32.8 Å². The van der Waals surface area contributed by atoms with Crippen molar-refractivity contribution >= 4 is 5.97 Å². The maximum absolute atomic E-state index is 13.3. The molecule has 0 atom stereocenters. The smallest absolute Gasteiger partial charge is 0.309 e. The van der Waals surface area contributed by atoms with Gasteiger partial charge in [0, 0.05) is 0 Å². The molecule has 0 fully saturated rings. The molecule has 1 aromatic rings. The quantitative estimate of drug-likeness (QED) is 0.774. The average molecular weight is 254 g/mol. The zero-order valence-electron chi connectivity index (χ0n) is 11.2. The maximum atomic E-state index is 13.3. The molecule has 0 heterocycles. The molecular formula is C14H19FO3. The molecule has 0 saturated carbocycles. The number of ether oxygens (including phenoxy) is 2. The van der Waals surface area contributed by atoms with Crippen LogP contribution in [0.15, 0.2) is 18.2 Å². The summed E-state index contributed by atoms with van der Waals surface area (Å²) in [6.45, 7) is 7.35. The molecule has 1 rings (SSSR count). The van der Waals surface area contributed by atoms with E-state index in [0.29, 0.717) is 0 Å². The van der Waals surface area contributed by atoms with Gasteiger partial charge in [0.15, 0.2) is 11.6 Å². The van der Waals surface area contributed by atoms with E-state index < -0.39 is 11.4 Å². The van der Waals surface area contributed by atoms with Crippen molar-refractivity contribution in [1.82, 2.24) is 0 Å². The minimum Gasteiger partial charge on any atom is -0.490 e. The van der Waals surface area contributed by atoms with Crippen molar-refractivity contribution in [2.45, 2.75) is 39.7 Å². The fourth-order valence-electron chi connectivity index (χ4n) is 1.36. The lowest BCUT2D eigenvalue weighted by Crippen LogP contribution is -2.24. The molecule has 18 heavy (non-hydrogen) atoms. The zero-order chi connectivity index (χ0) is 13.8. The molecule has 3 nitrogen and oxygen atoms in total. The molecular weight excluding hydrogens is 235 g/mol. The summed E-state index contributed by atoms with van der Waals surface area (Å²) < 4.78 is 23.7. The van der Waals surface area contributed by atoms with Crippen molar-refractivity contribution in [2.24, 2.45) is 0 Å². The van der Waals surface area contributed by atoms with E-state index in [4.69, 9.17) is 9.47 Å². The van der Waals surface area contributed by atoms with Gasteiger partial charge >= 0.3 is 5.97 Å². The molecule has 0 unspecified atom stereocenters. The van der Waals surface area contributed by atoms with E-state index in [1.54, 1.807) is 32.9 Å². The Morgan fingerprint density at radius 3 is 2.61 bits per heavy atom. The normalized spacial score (nSPS) is 11.2. The van der Waals surface area contributed by atoms with Crippen LogP contribution in [-0.4, -0.2) is 18.2 Å². The van der Waals surface area contributed by atoms with Crippen molar-refractivity contribution in [3.05, 3.63) is 29.6 Å². The monoisotopic (exact) mass is 254 g/mol. The van der Waals surface area contributed by atoms with Gasteiger partial charge < -0.3 is 9.47 Å². The third-order valence-corrected chi connectivity index (χ3v) is 2.07. The van der Waals surface area contributed by atoms with Crippen molar-refractivity contribution in [2.75, 3.05) is 6.61 Å². The lowest BCUT2D eigenvalue weighted by atomic mass is 10.2. The van der Waals surface area contributed by atoms with Crippen LogP contribution in [0.5, 0.6) is 5.75 Å². The molecule has 100 valence electrons. The molecule has 0 spiro atoms. The summed E-state index contributed by atoms with van der Waals surface area (Å²) >= 11 is 0. The predicted octanol–water partition coefficient (Wildman–Crippen LogP) is 3.24. The minimum atomic E-state index is -0.508. The van der Waals surface area contributed by atoms with Crippen LogP contribution in [0.25, 0.3) is 0 Å². The largest absolute Gasteiger partial charge is 0.490 e. The summed E-state index contributed by atoms with van der Waals surface area (Å²) in [6.07, 6.45) is 0.102. The Morgan fingerprint density at radius 2 is 2.00 bits per heavy atom. The number of rotatable bonds is 4. The topological polar surface area (TPSA) is 35.5 Å². The van der Waals surface area contributed by atoms with Gasteiger partial charge in [-0.2, -0.15) is 0 Å². The Labute approximate surface area is 107 Å². The van der Waals surface area contributed by atoms with Crippen LogP contribution in [0, 0.1) is 12.7 Å². The Kier molecular flexibility index (Phi) is 4.70. The number of esters is 1. The van der Waals surface area contributed by atoms with Gasteiger partial charge in [0.05, 0.1) is 13.0 Å². The number of halogens is 1. The van der Waals surface area contributed by atoms with Gasteiger partial charge in [-0.05, 0) is 45.4 Å². The van der Waals surface area contributed by atoms with Crippen molar-refractivity contribution in [3.8, 4) is 5.75 Å².